The van der Waals surface area contributed by atoms with Gasteiger partial charge in [-0.05, 0) is 44.7 Å². The summed E-state index contributed by atoms with van der Waals surface area (Å²) in [6.07, 6.45) is 9.50. The third-order valence-electron chi connectivity index (χ3n) is 3.30. The zero-order chi connectivity index (χ0) is 10.8. The lowest BCUT2D eigenvalue weighted by molar-refractivity contribution is 0.354. The van der Waals surface area contributed by atoms with Crippen molar-refractivity contribution in [3.8, 4) is 0 Å². The Morgan fingerprint density at radius 2 is 2.33 bits per heavy atom. The molecule has 1 heterocycles. The Labute approximate surface area is 100 Å². The number of hydrogen-bond donors (Lipinski definition) is 1. The van der Waals surface area contributed by atoms with Crippen LogP contribution in [0.15, 0.2) is 6.20 Å². The maximum absolute atomic E-state index is 5.33. The summed E-state index contributed by atoms with van der Waals surface area (Å²) in [4.78, 5) is 3.14. The van der Waals surface area contributed by atoms with Gasteiger partial charge >= 0.3 is 0 Å². The van der Waals surface area contributed by atoms with Gasteiger partial charge in [0.25, 0.3) is 0 Å². The number of rotatable bonds is 2. The van der Waals surface area contributed by atoms with Crippen LogP contribution in [0.3, 0.4) is 0 Å². The van der Waals surface area contributed by atoms with Gasteiger partial charge in [0.15, 0.2) is 4.77 Å². The van der Waals surface area contributed by atoms with Crippen molar-refractivity contribution in [3.05, 3.63) is 16.7 Å². The van der Waals surface area contributed by atoms with E-state index in [0.717, 1.165) is 10.0 Å². The molecule has 1 N–H and O–H groups in total. The predicted molar refractivity (Wildman–Crippen MR) is 69.2 cm³/mol. The highest BCUT2D eigenvalue weighted by atomic mass is 32.2. The van der Waals surface area contributed by atoms with Gasteiger partial charge in [0, 0.05) is 23.2 Å². The second-order valence-electron chi connectivity index (χ2n) is 4.28. The molecule has 2 atom stereocenters. The second-order valence-corrected chi connectivity index (χ2v) is 5.81. The lowest BCUT2D eigenvalue weighted by Crippen LogP contribution is -2.21. The fourth-order valence-electron chi connectivity index (χ4n) is 2.49. The van der Waals surface area contributed by atoms with Crippen molar-refractivity contribution in [2.24, 2.45) is 0 Å². The molecule has 15 heavy (non-hydrogen) atoms. The van der Waals surface area contributed by atoms with E-state index in [1.165, 1.54) is 31.4 Å². The minimum Gasteiger partial charge on any atom is -0.337 e. The summed E-state index contributed by atoms with van der Waals surface area (Å²) >= 11 is 7.33. The van der Waals surface area contributed by atoms with Gasteiger partial charge in [-0.1, -0.05) is 6.42 Å². The number of aromatic amines is 1. The molecule has 1 fully saturated rings. The van der Waals surface area contributed by atoms with Crippen LogP contribution < -0.4 is 0 Å². The summed E-state index contributed by atoms with van der Waals surface area (Å²) in [5, 5.41) is 0.819. The van der Waals surface area contributed by atoms with Gasteiger partial charge in [0.2, 0.25) is 0 Å². The van der Waals surface area contributed by atoms with E-state index in [2.05, 4.69) is 22.7 Å². The van der Waals surface area contributed by atoms with Gasteiger partial charge in [0.1, 0.15) is 0 Å². The summed E-state index contributed by atoms with van der Waals surface area (Å²) < 4.78 is 3.19. The Hall–Kier alpha value is -0.220. The van der Waals surface area contributed by atoms with Crippen molar-refractivity contribution >= 4 is 24.0 Å². The maximum atomic E-state index is 5.33. The minimum atomic E-state index is 0.620. The van der Waals surface area contributed by atoms with Gasteiger partial charge in [-0.25, -0.2) is 0 Å². The summed E-state index contributed by atoms with van der Waals surface area (Å²) in [5.41, 5.74) is 1.27. The van der Waals surface area contributed by atoms with Crippen LogP contribution in [0.2, 0.25) is 0 Å². The first-order valence-electron chi connectivity index (χ1n) is 5.51. The van der Waals surface area contributed by atoms with Crippen molar-refractivity contribution in [2.75, 3.05) is 6.26 Å². The third kappa shape index (κ3) is 2.31. The number of imidazole rings is 1. The third-order valence-corrected chi connectivity index (χ3v) is 4.71. The molecule has 1 saturated carbocycles. The Morgan fingerprint density at radius 1 is 1.53 bits per heavy atom. The van der Waals surface area contributed by atoms with Crippen molar-refractivity contribution in [1.29, 1.82) is 0 Å². The number of H-pyrrole nitrogens is 1. The molecular formula is C11H18N2S2. The number of nitrogens with zero attached hydrogens (tertiary/aromatic N) is 1. The average Bonchev–Trinajstić information content (AvgIpc) is 2.59. The van der Waals surface area contributed by atoms with Crippen LogP contribution in [0.4, 0.5) is 0 Å². The monoisotopic (exact) mass is 242 g/mol. The highest BCUT2D eigenvalue weighted by Crippen LogP contribution is 2.34. The van der Waals surface area contributed by atoms with Gasteiger partial charge in [-0.3, -0.25) is 0 Å². The van der Waals surface area contributed by atoms with Gasteiger partial charge < -0.3 is 9.55 Å². The van der Waals surface area contributed by atoms with E-state index in [-0.39, 0.29) is 0 Å². The largest absolute Gasteiger partial charge is 0.337 e. The van der Waals surface area contributed by atoms with Crippen LogP contribution in [0.25, 0.3) is 0 Å². The Morgan fingerprint density at radius 3 is 2.93 bits per heavy atom. The minimum absolute atomic E-state index is 0.620. The molecule has 0 aliphatic heterocycles. The number of aryl methyl sites for hydroxylation is 1. The number of thioether (sulfide) groups is 1. The molecule has 1 aliphatic rings. The Bertz CT molecular complexity index is 380. The van der Waals surface area contributed by atoms with Crippen molar-refractivity contribution in [3.63, 3.8) is 0 Å². The molecule has 2 unspecified atom stereocenters. The molecule has 0 radical (unpaired) electrons. The van der Waals surface area contributed by atoms with Crippen molar-refractivity contribution in [2.45, 2.75) is 43.9 Å². The molecule has 4 heteroatoms. The molecule has 0 amide bonds. The van der Waals surface area contributed by atoms with E-state index < -0.39 is 0 Å². The molecule has 84 valence electrons. The molecule has 1 aromatic heterocycles. The number of aromatic nitrogens is 2. The maximum Gasteiger partial charge on any atom is 0.177 e. The van der Waals surface area contributed by atoms with Crippen molar-refractivity contribution < 1.29 is 0 Å². The lowest BCUT2D eigenvalue weighted by Gasteiger charge is -2.29. The SMILES string of the molecule is CSC1CCCC(n2c(C)c[nH]c2=S)C1. The highest BCUT2D eigenvalue weighted by molar-refractivity contribution is 7.99. The van der Waals surface area contributed by atoms with Crippen LogP contribution in [-0.4, -0.2) is 21.1 Å². The zero-order valence-electron chi connectivity index (χ0n) is 9.32. The quantitative estimate of drug-likeness (QED) is 0.798. The van der Waals surface area contributed by atoms with Gasteiger partial charge in [-0.15, -0.1) is 0 Å². The molecule has 0 saturated heterocycles. The topological polar surface area (TPSA) is 20.7 Å². The standard InChI is InChI=1S/C11H18N2S2/c1-8-7-12-11(14)13(8)9-4-3-5-10(6-9)15-2/h7,9-10H,3-6H2,1-2H3,(H,12,14). The molecule has 2 nitrogen and oxygen atoms in total. The highest BCUT2D eigenvalue weighted by Gasteiger charge is 2.23. The van der Waals surface area contributed by atoms with Crippen LogP contribution in [0, 0.1) is 11.7 Å². The van der Waals surface area contributed by atoms with E-state index in [1.54, 1.807) is 0 Å². The molecule has 0 bridgehead atoms. The van der Waals surface area contributed by atoms with E-state index in [9.17, 15) is 0 Å². The van der Waals surface area contributed by atoms with Crippen molar-refractivity contribution in [1.82, 2.24) is 9.55 Å². The molecular weight excluding hydrogens is 224 g/mol. The van der Waals surface area contributed by atoms with Crippen LogP contribution in [0.5, 0.6) is 0 Å². The predicted octanol–water partition coefficient (Wildman–Crippen LogP) is 3.70. The van der Waals surface area contributed by atoms with Crippen LogP contribution >= 0.6 is 24.0 Å². The summed E-state index contributed by atoms with van der Waals surface area (Å²) in [7, 11) is 0. The number of hydrogen-bond acceptors (Lipinski definition) is 2. The number of nitrogens with one attached hydrogen (secondary N) is 1. The smallest absolute Gasteiger partial charge is 0.177 e. The first kappa shape index (κ1) is 11.3. The molecule has 1 aromatic rings. The van der Waals surface area contributed by atoms with Crippen LogP contribution in [0.1, 0.15) is 37.4 Å². The normalized spacial score (nSPS) is 26.8. The lowest BCUT2D eigenvalue weighted by atomic mass is 9.94. The summed E-state index contributed by atoms with van der Waals surface area (Å²) in [6.45, 7) is 2.13. The van der Waals surface area contributed by atoms with E-state index in [4.69, 9.17) is 12.2 Å². The fourth-order valence-corrected chi connectivity index (χ4v) is 3.66. The summed E-state index contributed by atoms with van der Waals surface area (Å²) in [6, 6.07) is 0.620. The molecule has 1 aliphatic carbocycles. The first-order valence-corrected chi connectivity index (χ1v) is 7.21. The Balaban J connectivity index is 2.20. The van der Waals surface area contributed by atoms with E-state index >= 15 is 0 Å². The first-order chi connectivity index (χ1) is 7.22. The average molecular weight is 242 g/mol. The molecule has 0 aromatic carbocycles. The Kier molecular flexibility index (Phi) is 3.57. The second kappa shape index (κ2) is 4.74. The zero-order valence-corrected chi connectivity index (χ0v) is 11.0. The van der Waals surface area contributed by atoms with E-state index in [0.29, 0.717) is 6.04 Å². The van der Waals surface area contributed by atoms with Crippen LogP contribution in [-0.2, 0) is 0 Å². The summed E-state index contributed by atoms with van der Waals surface area (Å²) in [5.74, 6) is 0. The molecule has 2 rings (SSSR count). The molecule has 0 spiro atoms. The van der Waals surface area contributed by atoms with Gasteiger partial charge in [-0.2, -0.15) is 11.8 Å². The van der Waals surface area contributed by atoms with E-state index in [1.807, 2.05) is 18.0 Å². The van der Waals surface area contributed by atoms with Gasteiger partial charge in [0.05, 0.1) is 0 Å². The fraction of sp³-hybridized carbons (Fsp3) is 0.727.